The van der Waals surface area contributed by atoms with Gasteiger partial charge >= 0.3 is 0 Å². The molecule has 28 heavy (non-hydrogen) atoms. The first-order valence-electron chi connectivity index (χ1n) is 8.85. The minimum Gasteiger partial charge on any atom is -0.486 e. The largest absolute Gasteiger partial charge is 0.486 e. The molecular formula is C20H21ClN2O4S. The van der Waals surface area contributed by atoms with Gasteiger partial charge in [0, 0.05) is 23.1 Å². The highest BCUT2D eigenvalue weighted by atomic mass is 35.5. The van der Waals surface area contributed by atoms with Crippen LogP contribution in [0.2, 0.25) is 5.02 Å². The summed E-state index contributed by atoms with van der Waals surface area (Å²) in [7, 11) is 0. The van der Waals surface area contributed by atoms with E-state index in [1.807, 2.05) is 26.0 Å². The highest BCUT2D eigenvalue weighted by Crippen LogP contribution is 2.38. The first-order valence-corrected chi connectivity index (χ1v) is 10.2. The van der Waals surface area contributed by atoms with E-state index in [2.05, 4.69) is 10.6 Å². The maximum absolute atomic E-state index is 12.8. The maximum atomic E-state index is 12.8. The zero-order chi connectivity index (χ0) is 20.1. The molecule has 0 bridgehead atoms. The Kier molecular flexibility index (Phi) is 6.70. The van der Waals surface area contributed by atoms with Crippen molar-refractivity contribution in [3.63, 3.8) is 0 Å². The molecule has 1 heterocycles. The van der Waals surface area contributed by atoms with E-state index in [0.717, 1.165) is 0 Å². The number of benzene rings is 2. The number of amides is 2. The summed E-state index contributed by atoms with van der Waals surface area (Å²) in [5.41, 5.74) is 0.907. The molecule has 0 spiro atoms. The molecule has 0 fully saturated rings. The third kappa shape index (κ3) is 5.11. The lowest BCUT2D eigenvalue weighted by molar-refractivity contribution is -0.119. The molecule has 1 aliphatic heterocycles. The van der Waals surface area contributed by atoms with Crippen LogP contribution in [0.25, 0.3) is 0 Å². The Morgan fingerprint density at radius 1 is 1.14 bits per heavy atom. The van der Waals surface area contributed by atoms with Crippen LogP contribution in [0.15, 0.2) is 41.3 Å². The molecule has 0 saturated heterocycles. The second-order valence-corrected chi connectivity index (χ2v) is 7.86. The van der Waals surface area contributed by atoms with Gasteiger partial charge in [0.2, 0.25) is 5.91 Å². The van der Waals surface area contributed by atoms with Gasteiger partial charge in [-0.25, -0.2) is 0 Å². The van der Waals surface area contributed by atoms with Crippen LogP contribution in [0.3, 0.4) is 0 Å². The predicted molar refractivity (Wildman–Crippen MR) is 111 cm³/mol. The number of halogens is 1. The molecule has 2 N–H and O–H groups in total. The number of thioether (sulfide) groups is 1. The quantitative estimate of drug-likeness (QED) is 0.691. The van der Waals surface area contributed by atoms with Gasteiger partial charge in [-0.15, -0.1) is 11.8 Å². The number of carbonyl (C=O) groups is 2. The van der Waals surface area contributed by atoms with Crippen LogP contribution in [-0.2, 0) is 4.79 Å². The van der Waals surface area contributed by atoms with E-state index >= 15 is 0 Å². The second-order valence-electron chi connectivity index (χ2n) is 6.44. The van der Waals surface area contributed by atoms with Crippen LogP contribution in [0.1, 0.15) is 24.2 Å². The van der Waals surface area contributed by atoms with E-state index in [1.165, 1.54) is 11.8 Å². The molecule has 148 valence electrons. The van der Waals surface area contributed by atoms with E-state index in [-0.39, 0.29) is 23.6 Å². The van der Waals surface area contributed by atoms with Crippen LogP contribution in [0.4, 0.5) is 5.69 Å². The predicted octanol–water partition coefficient (Wildman–Crippen LogP) is 3.98. The lowest BCUT2D eigenvalue weighted by Gasteiger charge is -2.20. The van der Waals surface area contributed by atoms with E-state index in [0.29, 0.717) is 45.9 Å². The van der Waals surface area contributed by atoms with Crippen molar-refractivity contribution < 1.29 is 19.1 Å². The Morgan fingerprint density at radius 2 is 1.82 bits per heavy atom. The van der Waals surface area contributed by atoms with Crippen molar-refractivity contribution in [2.24, 2.45) is 0 Å². The number of hydrogen-bond acceptors (Lipinski definition) is 5. The van der Waals surface area contributed by atoms with Crippen LogP contribution in [0, 0.1) is 0 Å². The topological polar surface area (TPSA) is 76.7 Å². The summed E-state index contributed by atoms with van der Waals surface area (Å²) in [5, 5.41) is 6.01. The summed E-state index contributed by atoms with van der Waals surface area (Å²) < 4.78 is 11.0. The third-order valence-corrected chi connectivity index (χ3v) is 5.21. The molecule has 6 nitrogen and oxygen atoms in total. The Hall–Kier alpha value is -2.38. The molecule has 1 aliphatic rings. The summed E-state index contributed by atoms with van der Waals surface area (Å²) in [6.07, 6.45) is 0. The molecule has 2 aromatic rings. The number of rotatable bonds is 6. The van der Waals surface area contributed by atoms with E-state index < -0.39 is 0 Å². The van der Waals surface area contributed by atoms with Crippen molar-refractivity contribution >= 4 is 40.9 Å². The lowest BCUT2D eigenvalue weighted by Crippen LogP contribution is -2.31. The van der Waals surface area contributed by atoms with Gasteiger partial charge in [-0.1, -0.05) is 23.7 Å². The van der Waals surface area contributed by atoms with Crippen molar-refractivity contribution in [1.82, 2.24) is 5.32 Å². The van der Waals surface area contributed by atoms with Gasteiger partial charge in [-0.3, -0.25) is 9.59 Å². The zero-order valence-electron chi connectivity index (χ0n) is 15.6. The van der Waals surface area contributed by atoms with Crippen molar-refractivity contribution in [1.29, 1.82) is 0 Å². The molecule has 0 saturated carbocycles. The second kappa shape index (κ2) is 9.21. The van der Waals surface area contributed by atoms with Gasteiger partial charge in [0.05, 0.1) is 22.0 Å². The summed E-state index contributed by atoms with van der Waals surface area (Å²) in [6, 6.07) is 10.5. The molecule has 0 unspecified atom stereocenters. The molecular weight excluding hydrogens is 400 g/mol. The van der Waals surface area contributed by atoms with Gasteiger partial charge in [0.15, 0.2) is 11.5 Å². The molecule has 2 aromatic carbocycles. The zero-order valence-corrected chi connectivity index (χ0v) is 17.2. The van der Waals surface area contributed by atoms with Crippen molar-refractivity contribution in [2.75, 3.05) is 24.3 Å². The molecule has 8 heteroatoms. The first-order chi connectivity index (χ1) is 13.4. The maximum Gasteiger partial charge on any atom is 0.256 e. The highest BCUT2D eigenvalue weighted by Gasteiger charge is 2.18. The fourth-order valence-electron chi connectivity index (χ4n) is 2.64. The average molecular weight is 421 g/mol. The van der Waals surface area contributed by atoms with E-state index in [9.17, 15) is 9.59 Å². The standard InChI is InChI=1S/C20H21ClN2O4S/c1-12(2)22-19(24)11-28-18-6-4-3-5-13(18)20(25)23-15-10-17-16(9-14(15)21)26-7-8-27-17/h3-6,9-10,12H,7-8,11H2,1-2H3,(H,22,24)(H,23,25). The number of hydrogen-bond donors (Lipinski definition) is 2. The summed E-state index contributed by atoms with van der Waals surface area (Å²) in [6.45, 7) is 4.71. The normalized spacial score (nSPS) is 12.6. The van der Waals surface area contributed by atoms with Crippen LogP contribution < -0.4 is 20.1 Å². The molecule has 2 amide bonds. The first kappa shape index (κ1) is 20.4. The van der Waals surface area contributed by atoms with Gasteiger partial charge in [-0.2, -0.15) is 0 Å². The Morgan fingerprint density at radius 3 is 2.54 bits per heavy atom. The monoisotopic (exact) mass is 420 g/mol. The van der Waals surface area contributed by atoms with Crippen molar-refractivity contribution in [3.05, 3.63) is 47.0 Å². The molecule has 0 aromatic heterocycles. The smallest absolute Gasteiger partial charge is 0.256 e. The van der Waals surface area contributed by atoms with Gasteiger partial charge in [-0.05, 0) is 26.0 Å². The molecule has 0 radical (unpaired) electrons. The fraction of sp³-hybridized carbons (Fsp3) is 0.300. The summed E-state index contributed by atoms with van der Waals surface area (Å²) in [4.78, 5) is 25.4. The highest BCUT2D eigenvalue weighted by molar-refractivity contribution is 8.00. The number of fused-ring (bicyclic) bond motifs is 1. The Bertz CT molecular complexity index is 889. The van der Waals surface area contributed by atoms with Gasteiger partial charge in [0.1, 0.15) is 13.2 Å². The van der Waals surface area contributed by atoms with E-state index in [4.69, 9.17) is 21.1 Å². The summed E-state index contributed by atoms with van der Waals surface area (Å²) >= 11 is 7.59. The third-order valence-electron chi connectivity index (χ3n) is 3.82. The molecule has 3 rings (SSSR count). The number of ether oxygens (including phenoxy) is 2. The molecule has 0 atom stereocenters. The lowest BCUT2D eigenvalue weighted by atomic mass is 10.2. The number of anilines is 1. The fourth-order valence-corrected chi connectivity index (χ4v) is 3.70. The SMILES string of the molecule is CC(C)NC(=O)CSc1ccccc1C(=O)Nc1cc2c(cc1Cl)OCCO2. The van der Waals surface area contributed by atoms with Crippen molar-refractivity contribution in [3.8, 4) is 11.5 Å². The Balaban J connectivity index is 1.74. The van der Waals surface area contributed by atoms with Gasteiger partial charge in [0.25, 0.3) is 5.91 Å². The van der Waals surface area contributed by atoms with Crippen molar-refractivity contribution in [2.45, 2.75) is 24.8 Å². The minimum atomic E-state index is -0.314. The van der Waals surface area contributed by atoms with Crippen LogP contribution in [0.5, 0.6) is 11.5 Å². The average Bonchev–Trinajstić information content (AvgIpc) is 2.66. The van der Waals surface area contributed by atoms with Crippen LogP contribution in [-0.4, -0.2) is 36.8 Å². The minimum absolute atomic E-state index is 0.0731. The van der Waals surface area contributed by atoms with Gasteiger partial charge < -0.3 is 20.1 Å². The van der Waals surface area contributed by atoms with E-state index in [1.54, 1.807) is 24.3 Å². The summed E-state index contributed by atoms with van der Waals surface area (Å²) in [5.74, 6) is 0.934. The number of carbonyl (C=O) groups excluding carboxylic acids is 2. The molecule has 0 aliphatic carbocycles. The van der Waals surface area contributed by atoms with Crippen LogP contribution >= 0.6 is 23.4 Å². The number of nitrogens with one attached hydrogen (secondary N) is 2. The Labute approximate surface area is 172 Å².